The monoisotopic (exact) mass is 220 g/mol. The van der Waals surface area contributed by atoms with Crippen molar-refractivity contribution in [3.8, 4) is 0 Å². The van der Waals surface area contributed by atoms with E-state index in [4.69, 9.17) is 14.2 Å². The summed E-state index contributed by atoms with van der Waals surface area (Å²) in [5.41, 5.74) is -1.01. The van der Waals surface area contributed by atoms with Crippen molar-refractivity contribution in [1.29, 1.82) is 0 Å². The normalized spacial score (nSPS) is 21.5. The first-order valence-electron chi connectivity index (χ1n) is 4.72. The van der Waals surface area contributed by atoms with Gasteiger partial charge in [0.1, 0.15) is 17.8 Å². The maximum atomic E-state index is 10.8. The molecule has 1 N–H and O–H groups in total. The van der Waals surface area contributed by atoms with Crippen molar-refractivity contribution in [1.82, 2.24) is 0 Å². The van der Waals surface area contributed by atoms with Crippen LogP contribution in [0.15, 0.2) is 0 Å². The Kier molecular flexibility index (Phi) is 5.97. The number of rotatable bonds is 7. The van der Waals surface area contributed by atoms with Crippen LogP contribution in [-0.4, -0.2) is 56.6 Å². The minimum Gasteiger partial charge on any atom is -0.391 e. The molecule has 0 saturated carbocycles. The molecule has 0 aliphatic heterocycles. The quantitative estimate of drug-likeness (QED) is 0.612. The van der Waals surface area contributed by atoms with Crippen LogP contribution in [0.25, 0.3) is 0 Å². The molecule has 0 heterocycles. The van der Waals surface area contributed by atoms with Crippen molar-refractivity contribution < 1.29 is 24.1 Å². The molecule has 0 bridgehead atoms. The van der Waals surface area contributed by atoms with Gasteiger partial charge in [-0.3, -0.25) is 0 Å². The summed E-state index contributed by atoms with van der Waals surface area (Å²) >= 11 is 0. The average molecular weight is 220 g/mol. The van der Waals surface area contributed by atoms with Gasteiger partial charge < -0.3 is 24.1 Å². The second-order valence-electron chi connectivity index (χ2n) is 3.58. The Balaban J connectivity index is 5.01. The Bertz CT molecular complexity index is 194. The van der Waals surface area contributed by atoms with Crippen LogP contribution in [-0.2, 0) is 19.0 Å². The lowest BCUT2D eigenvalue weighted by Gasteiger charge is -2.39. The van der Waals surface area contributed by atoms with Crippen LogP contribution in [0.4, 0.5) is 0 Å². The summed E-state index contributed by atoms with van der Waals surface area (Å²) in [5, 5.41) is 9.54. The maximum Gasteiger partial charge on any atom is 0.151 e. The first kappa shape index (κ1) is 14.5. The number of hydrogen-bond acceptors (Lipinski definition) is 5. The van der Waals surface area contributed by atoms with E-state index in [1.54, 1.807) is 13.8 Å². The first-order chi connectivity index (χ1) is 6.97. The lowest BCUT2D eigenvalue weighted by molar-refractivity contribution is -0.193. The number of aldehydes is 1. The van der Waals surface area contributed by atoms with Gasteiger partial charge in [0.2, 0.25) is 0 Å². The van der Waals surface area contributed by atoms with Crippen LogP contribution in [0, 0.1) is 0 Å². The summed E-state index contributed by atoms with van der Waals surface area (Å²) in [6.07, 6.45) is -1.56. The summed E-state index contributed by atoms with van der Waals surface area (Å²) in [4.78, 5) is 10.8. The highest BCUT2D eigenvalue weighted by Gasteiger charge is 2.45. The van der Waals surface area contributed by atoms with E-state index < -0.39 is 23.9 Å². The van der Waals surface area contributed by atoms with Gasteiger partial charge in [0.15, 0.2) is 6.29 Å². The molecule has 15 heavy (non-hydrogen) atoms. The van der Waals surface area contributed by atoms with Crippen LogP contribution in [0.5, 0.6) is 0 Å². The zero-order chi connectivity index (χ0) is 12.1. The molecular weight excluding hydrogens is 200 g/mol. The van der Waals surface area contributed by atoms with E-state index in [0.717, 1.165) is 0 Å². The summed E-state index contributed by atoms with van der Waals surface area (Å²) in [5.74, 6) is 0. The van der Waals surface area contributed by atoms with Gasteiger partial charge in [0.25, 0.3) is 0 Å². The molecule has 0 aromatic carbocycles. The molecule has 90 valence electrons. The van der Waals surface area contributed by atoms with Gasteiger partial charge in [0.05, 0.1) is 6.10 Å². The highest BCUT2D eigenvalue weighted by Crippen LogP contribution is 2.25. The van der Waals surface area contributed by atoms with Crippen LogP contribution in [0.2, 0.25) is 0 Å². The maximum absolute atomic E-state index is 10.8. The molecule has 0 aromatic rings. The van der Waals surface area contributed by atoms with Gasteiger partial charge in [-0.1, -0.05) is 0 Å². The highest BCUT2D eigenvalue weighted by atomic mass is 16.6. The Morgan fingerprint density at radius 3 is 2.00 bits per heavy atom. The smallest absolute Gasteiger partial charge is 0.151 e. The molecule has 0 rings (SSSR count). The van der Waals surface area contributed by atoms with Crippen LogP contribution < -0.4 is 0 Å². The minimum absolute atomic E-state index is 0.637. The number of carbonyl (C=O) groups is 1. The van der Waals surface area contributed by atoms with Crippen molar-refractivity contribution in [3.05, 3.63) is 0 Å². The lowest BCUT2D eigenvalue weighted by Crippen LogP contribution is -2.57. The third-order valence-corrected chi connectivity index (χ3v) is 2.64. The van der Waals surface area contributed by atoms with E-state index >= 15 is 0 Å². The van der Waals surface area contributed by atoms with Crippen LogP contribution >= 0.6 is 0 Å². The SMILES string of the molecule is CO[C@@H](C=O)[C@](C)(OC)[C@@H](OC)[C@H](C)O. The molecule has 0 aromatic heterocycles. The molecule has 4 atom stereocenters. The Hall–Kier alpha value is -0.490. The highest BCUT2D eigenvalue weighted by molar-refractivity contribution is 5.58. The van der Waals surface area contributed by atoms with Gasteiger partial charge in [-0.2, -0.15) is 0 Å². The van der Waals surface area contributed by atoms with E-state index in [0.29, 0.717) is 6.29 Å². The number of ether oxygens (including phenoxy) is 3. The van der Waals surface area contributed by atoms with Gasteiger partial charge in [-0.05, 0) is 13.8 Å². The average Bonchev–Trinajstić information content (AvgIpc) is 2.19. The molecular formula is C10H20O5. The molecule has 0 aliphatic carbocycles. The van der Waals surface area contributed by atoms with Gasteiger partial charge >= 0.3 is 0 Å². The van der Waals surface area contributed by atoms with Gasteiger partial charge in [0, 0.05) is 21.3 Å². The van der Waals surface area contributed by atoms with Crippen molar-refractivity contribution in [3.63, 3.8) is 0 Å². The van der Waals surface area contributed by atoms with E-state index in [9.17, 15) is 9.90 Å². The summed E-state index contributed by atoms with van der Waals surface area (Å²) in [6.45, 7) is 3.24. The number of aliphatic hydroxyl groups is 1. The Morgan fingerprint density at radius 2 is 1.80 bits per heavy atom. The number of hydrogen-bond donors (Lipinski definition) is 1. The molecule has 0 radical (unpaired) electrons. The summed E-state index contributed by atoms with van der Waals surface area (Å²) in [6, 6.07) is 0. The minimum atomic E-state index is -1.01. The molecule has 0 saturated heterocycles. The standard InChI is InChI=1S/C10H20O5/c1-7(12)9(14-4)10(2,15-5)8(6-11)13-3/h6-9,12H,1-5H3/t7-,8-,9-,10-/m0/s1. The fourth-order valence-corrected chi connectivity index (χ4v) is 1.73. The van der Waals surface area contributed by atoms with E-state index in [2.05, 4.69) is 0 Å². The largest absolute Gasteiger partial charge is 0.391 e. The zero-order valence-electron chi connectivity index (χ0n) is 9.89. The molecule has 0 amide bonds. The molecule has 0 aliphatic rings. The Labute approximate surface area is 90.3 Å². The van der Waals surface area contributed by atoms with E-state index in [1.165, 1.54) is 21.3 Å². The lowest BCUT2D eigenvalue weighted by atomic mass is 9.89. The predicted octanol–water partition coefficient (Wildman–Crippen LogP) is 0.00120. The van der Waals surface area contributed by atoms with E-state index in [-0.39, 0.29) is 0 Å². The van der Waals surface area contributed by atoms with Crippen molar-refractivity contribution in [2.75, 3.05) is 21.3 Å². The third kappa shape index (κ3) is 2.98. The summed E-state index contributed by atoms with van der Waals surface area (Å²) < 4.78 is 15.4. The zero-order valence-corrected chi connectivity index (χ0v) is 9.89. The topological polar surface area (TPSA) is 65.0 Å². The van der Waals surface area contributed by atoms with Crippen molar-refractivity contribution in [2.24, 2.45) is 0 Å². The summed E-state index contributed by atoms with van der Waals surface area (Å²) in [7, 11) is 4.31. The molecule has 0 unspecified atom stereocenters. The predicted molar refractivity (Wildman–Crippen MR) is 54.8 cm³/mol. The van der Waals surface area contributed by atoms with Crippen LogP contribution in [0.3, 0.4) is 0 Å². The fraction of sp³-hybridized carbons (Fsp3) is 0.900. The second-order valence-corrected chi connectivity index (χ2v) is 3.58. The molecule has 0 spiro atoms. The fourth-order valence-electron chi connectivity index (χ4n) is 1.73. The molecule has 5 nitrogen and oxygen atoms in total. The number of methoxy groups -OCH3 is 3. The van der Waals surface area contributed by atoms with Crippen molar-refractivity contribution in [2.45, 2.75) is 37.8 Å². The molecule has 0 fully saturated rings. The van der Waals surface area contributed by atoms with E-state index in [1.807, 2.05) is 0 Å². The Morgan fingerprint density at radius 1 is 1.27 bits per heavy atom. The van der Waals surface area contributed by atoms with Gasteiger partial charge in [-0.15, -0.1) is 0 Å². The second kappa shape index (κ2) is 6.17. The van der Waals surface area contributed by atoms with Crippen LogP contribution in [0.1, 0.15) is 13.8 Å². The first-order valence-corrected chi connectivity index (χ1v) is 4.72. The third-order valence-electron chi connectivity index (χ3n) is 2.64. The van der Waals surface area contributed by atoms with Crippen molar-refractivity contribution >= 4 is 6.29 Å². The molecule has 5 heteroatoms. The van der Waals surface area contributed by atoms with Gasteiger partial charge in [-0.25, -0.2) is 0 Å². The number of carbonyl (C=O) groups excluding carboxylic acids is 1. The number of aliphatic hydroxyl groups excluding tert-OH is 1.